The van der Waals surface area contributed by atoms with E-state index in [1.165, 1.54) is 0 Å². The highest BCUT2D eigenvalue weighted by molar-refractivity contribution is 5.97. The van der Waals surface area contributed by atoms with Crippen LogP contribution in [0, 0.1) is 5.41 Å². The van der Waals surface area contributed by atoms with Gasteiger partial charge in [0.15, 0.2) is 0 Å². The molecule has 1 aliphatic heterocycles. The third kappa shape index (κ3) is 2.67. The summed E-state index contributed by atoms with van der Waals surface area (Å²) in [5.74, 6) is 0.0361. The summed E-state index contributed by atoms with van der Waals surface area (Å²) >= 11 is 0. The molecule has 2 rings (SSSR count). The molecule has 3 unspecified atom stereocenters. The molecule has 1 N–H and O–H groups in total. The summed E-state index contributed by atoms with van der Waals surface area (Å²) in [4.78, 5) is 26.7. The minimum atomic E-state index is -0.415. The Balaban J connectivity index is 2.26. The summed E-state index contributed by atoms with van der Waals surface area (Å²) in [7, 11) is 0. The van der Waals surface area contributed by atoms with Gasteiger partial charge < -0.3 is 10.2 Å². The standard InChI is InChI=1S/C15H24N2O2/c1-10-13(18)16-12(15(2,3)4)14(19)17(10)11-8-6-5-7-9-11/h5-6,10-12H,7-9H2,1-4H3,(H,16,18). The second kappa shape index (κ2) is 4.99. The molecule has 0 spiro atoms. The predicted octanol–water partition coefficient (Wildman–Crippen LogP) is 1.86. The van der Waals surface area contributed by atoms with Crippen molar-refractivity contribution in [3.63, 3.8) is 0 Å². The molecule has 1 fully saturated rings. The Morgan fingerprint density at radius 2 is 1.95 bits per heavy atom. The maximum Gasteiger partial charge on any atom is 0.246 e. The van der Waals surface area contributed by atoms with Crippen LogP contribution < -0.4 is 5.32 Å². The summed E-state index contributed by atoms with van der Waals surface area (Å²) < 4.78 is 0. The molecule has 0 saturated carbocycles. The molecule has 2 amide bonds. The van der Waals surface area contributed by atoms with E-state index in [0.717, 1.165) is 19.3 Å². The lowest BCUT2D eigenvalue weighted by atomic mass is 9.83. The first-order valence-electron chi connectivity index (χ1n) is 7.10. The van der Waals surface area contributed by atoms with Gasteiger partial charge in [-0.3, -0.25) is 9.59 Å². The van der Waals surface area contributed by atoms with Crippen LogP contribution in [-0.2, 0) is 9.59 Å². The number of hydrogen-bond donors (Lipinski definition) is 1. The lowest BCUT2D eigenvalue weighted by molar-refractivity contribution is -0.154. The molecule has 19 heavy (non-hydrogen) atoms. The van der Waals surface area contributed by atoms with Gasteiger partial charge in [0.05, 0.1) is 0 Å². The quantitative estimate of drug-likeness (QED) is 0.735. The highest BCUT2D eigenvalue weighted by Gasteiger charge is 2.45. The minimum Gasteiger partial charge on any atom is -0.342 e. The first-order valence-corrected chi connectivity index (χ1v) is 7.10. The first kappa shape index (κ1) is 14.1. The van der Waals surface area contributed by atoms with Crippen LogP contribution in [0.4, 0.5) is 0 Å². The van der Waals surface area contributed by atoms with Crippen molar-refractivity contribution in [1.82, 2.24) is 10.2 Å². The highest BCUT2D eigenvalue weighted by Crippen LogP contribution is 2.29. The summed E-state index contributed by atoms with van der Waals surface area (Å²) in [6, 6.07) is -0.604. The van der Waals surface area contributed by atoms with E-state index in [9.17, 15) is 9.59 Å². The number of carbonyl (C=O) groups excluding carboxylic acids is 2. The first-order chi connectivity index (χ1) is 8.82. The molecule has 1 aliphatic carbocycles. The zero-order valence-corrected chi connectivity index (χ0v) is 12.3. The molecule has 1 saturated heterocycles. The molecule has 4 nitrogen and oxygen atoms in total. The number of piperazine rings is 1. The fraction of sp³-hybridized carbons (Fsp3) is 0.733. The zero-order chi connectivity index (χ0) is 14.2. The van der Waals surface area contributed by atoms with E-state index in [1.54, 1.807) is 0 Å². The average molecular weight is 264 g/mol. The number of hydrogen-bond acceptors (Lipinski definition) is 2. The van der Waals surface area contributed by atoms with E-state index in [2.05, 4.69) is 17.5 Å². The summed E-state index contributed by atoms with van der Waals surface area (Å²) in [5.41, 5.74) is -0.254. The Labute approximate surface area is 115 Å². The van der Waals surface area contributed by atoms with E-state index in [1.807, 2.05) is 32.6 Å². The number of rotatable bonds is 1. The third-order valence-corrected chi connectivity index (χ3v) is 4.09. The van der Waals surface area contributed by atoms with Gasteiger partial charge in [-0.15, -0.1) is 0 Å². The van der Waals surface area contributed by atoms with Gasteiger partial charge in [-0.1, -0.05) is 32.9 Å². The number of carbonyl (C=O) groups is 2. The lowest BCUT2D eigenvalue weighted by Crippen LogP contribution is -2.67. The van der Waals surface area contributed by atoms with E-state index in [-0.39, 0.29) is 29.3 Å². The number of amides is 2. The molecule has 0 bridgehead atoms. The van der Waals surface area contributed by atoms with Gasteiger partial charge >= 0.3 is 0 Å². The monoisotopic (exact) mass is 264 g/mol. The van der Waals surface area contributed by atoms with Crippen LogP contribution in [0.5, 0.6) is 0 Å². The van der Waals surface area contributed by atoms with Crippen molar-refractivity contribution >= 4 is 11.8 Å². The van der Waals surface area contributed by atoms with E-state index in [4.69, 9.17) is 0 Å². The van der Waals surface area contributed by atoms with Crippen LogP contribution in [-0.4, -0.2) is 34.8 Å². The van der Waals surface area contributed by atoms with Crippen LogP contribution in [0.3, 0.4) is 0 Å². The fourth-order valence-electron chi connectivity index (χ4n) is 2.90. The largest absolute Gasteiger partial charge is 0.342 e. The molecule has 2 aliphatic rings. The lowest BCUT2D eigenvalue weighted by Gasteiger charge is -2.46. The summed E-state index contributed by atoms with van der Waals surface area (Å²) in [6.07, 6.45) is 7.07. The van der Waals surface area contributed by atoms with Gasteiger partial charge in [0.2, 0.25) is 11.8 Å². The van der Waals surface area contributed by atoms with Crippen LogP contribution in [0.1, 0.15) is 47.0 Å². The Bertz CT molecular complexity index is 409. The van der Waals surface area contributed by atoms with Gasteiger partial charge in [-0.2, -0.15) is 0 Å². The number of nitrogens with zero attached hydrogens (tertiary/aromatic N) is 1. The second-order valence-electron chi connectivity index (χ2n) is 6.67. The third-order valence-electron chi connectivity index (χ3n) is 4.09. The Morgan fingerprint density at radius 1 is 1.26 bits per heavy atom. The molecular weight excluding hydrogens is 240 g/mol. The molecule has 1 heterocycles. The number of nitrogens with one attached hydrogen (secondary N) is 1. The minimum absolute atomic E-state index is 0.0333. The molecule has 0 aromatic heterocycles. The molecule has 0 radical (unpaired) electrons. The second-order valence-corrected chi connectivity index (χ2v) is 6.67. The molecule has 0 aromatic rings. The van der Waals surface area contributed by atoms with Crippen LogP contribution in [0.15, 0.2) is 12.2 Å². The Kier molecular flexibility index (Phi) is 3.70. The van der Waals surface area contributed by atoms with Crippen molar-refractivity contribution in [1.29, 1.82) is 0 Å². The van der Waals surface area contributed by atoms with Crippen molar-refractivity contribution in [3.05, 3.63) is 12.2 Å². The maximum atomic E-state index is 12.7. The van der Waals surface area contributed by atoms with E-state index >= 15 is 0 Å². The highest BCUT2D eigenvalue weighted by atomic mass is 16.2. The van der Waals surface area contributed by atoms with E-state index < -0.39 is 6.04 Å². The Hall–Kier alpha value is -1.32. The van der Waals surface area contributed by atoms with Crippen LogP contribution >= 0.6 is 0 Å². The van der Waals surface area contributed by atoms with Crippen molar-refractivity contribution in [2.75, 3.05) is 0 Å². The van der Waals surface area contributed by atoms with Crippen molar-refractivity contribution in [2.24, 2.45) is 5.41 Å². The van der Waals surface area contributed by atoms with Gasteiger partial charge in [-0.05, 0) is 31.6 Å². The van der Waals surface area contributed by atoms with Gasteiger partial charge in [-0.25, -0.2) is 0 Å². The van der Waals surface area contributed by atoms with Gasteiger partial charge in [0.25, 0.3) is 0 Å². The average Bonchev–Trinajstić information content (AvgIpc) is 2.34. The van der Waals surface area contributed by atoms with Crippen LogP contribution in [0.25, 0.3) is 0 Å². The van der Waals surface area contributed by atoms with Crippen LogP contribution in [0.2, 0.25) is 0 Å². The Morgan fingerprint density at radius 3 is 2.47 bits per heavy atom. The predicted molar refractivity (Wildman–Crippen MR) is 74.5 cm³/mol. The maximum absolute atomic E-state index is 12.7. The molecule has 0 aromatic carbocycles. The van der Waals surface area contributed by atoms with Gasteiger partial charge in [0.1, 0.15) is 12.1 Å². The summed E-state index contributed by atoms with van der Waals surface area (Å²) in [5, 5.41) is 2.88. The van der Waals surface area contributed by atoms with E-state index in [0.29, 0.717) is 0 Å². The summed E-state index contributed by atoms with van der Waals surface area (Å²) in [6.45, 7) is 7.80. The number of allylic oxidation sites excluding steroid dienone is 1. The molecule has 4 heteroatoms. The fourth-order valence-corrected chi connectivity index (χ4v) is 2.90. The van der Waals surface area contributed by atoms with Gasteiger partial charge in [0, 0.05) is 6.04 Å². The molecular formula is C15H24N2O2. The smallest absolute Gasteiger partial charge is 0.246 e. The SMILES string of the molecule is CC1C(=O)NC(C(C)(C)C)C(=O)N1C1CC=CCC1. The van der Waals surface area contributed by atoms with Crippen molar-refractivity contribution in [3.8, 4) is 0 Å². The van der Waals surface area contributed by atoms with Crippen molar-refractivity contribution < 1.29 is 9.59 Å². The normalized spacial score (nSPS) is 32.4. The van der Waals surface area contributed by atoms with Crippen molar-refractivity contribution in [2.45, 2.75) is 65.1 Å². The zero-order valence-electron chi connectivity index (χ0n) is 12.3. The molecule has 3 atom stereocenters. The molecule has 106 valence electrons. The topological polar surface area (TPSA) is 49.4 Å².